The molecule has 1 unspecified atom stereocenters. The molecule has 0 saturated carbocycles. The van der Waals surface area contributed by atoms with Crippen LogP contribution < -0.4 is 14.2 Å². The van der Waals surface area contributed by atoms with Crippen LogP contribution in [0, 0.1) is 0 Å². The smallest absolute Gasteiger partial charge is 0.295 e. The Kier molecular flexibility index (Phi) is 9.23. The zero-order chi connectivity index (χ0) is 26.4. The van der Waals surface area contributed by atoms with Crippen molar-refractivity contribution in [1.29, 1.82) is 0 Å². The Labute approximate surface area is 217 Å². The monoisotopic (exact) mass is 516 g/mol. The number of hydrogen-bond acceptors (Lipinski definition) is 7. The van der Waals surface area contributed by atoms with E-state index in [1.165, 1.54) is 12.0 Å². The highest BCUT2D eigenvalue weighted by Crippen LogP contribution is 2.42. The number of aliphatic hydroxyl groups is 1. The van der Waals surface area contributed by atoms with Crippen molar-refractivity contribution in [2.75, 3.05) is 47.5 Å². The predicted octanol–water partition coefficient (Wildman–Crippen LogP) is 4.52. The van der Waals surface area contributed by atoms with Gasteiger partial charge in [0.1, 0.15) is 11.5 Å². The molecule has 1 aliphatic rings. The van der Waals surface area contributed by atoms with Crippen LogP contribution in [-0.4, -0.2) is 74.1 Å². The molecule has 194 valence electrons. The van der Waals surface area contributed by atoms with E-state index in [4.69, 9.17) is 25.8 Å². The Morgan fingerprint density at radius 2 is 1.72 bits per heavy atom. The molecule has 3 rings (SSSR count). The summed E-state index contributed by atoms with van der Waals surface area (Å²) in [5, 5.41) is 11.7. The van der Waals surface area contributed by atoms with E-state index in [1.54, 1.807) is 36.4 Å². The summed E-state index contributed by atoms with van der Waals surface area (Å²) >= 11 is 6.21. The number of carbonyl (C=O) groups is 2. The summed E-state index contributed by atoms with van der Waals surface area (Å²) in [5.74, 6) is -0.303. The molecular weight excluding hydrogens is 484 g/mol. The van der Waals surface area contributed by atoms with Crippen molar-refractivity contribution >= 4 is 29.1 Å². The minimum atomic E-state index is -0.803. The molecule has 1 N–H and O–H groups in total. The average molecular weight is 517 g/mol. The SMILES string of the molecule is CCOc1cc(/C(O)=C2/C(=O)C(=O)N(CCCN(C)C)C2c2ccc(OCC)c(OC)c2)ccc1Cl. The van der Waals surface area contributed by atoms with Crippen molar-refractivity contribution in [3.8, 4) is 17.2 Å². The first kappa shape index (κ1) is 27.4. The van der Waals surface area contributed by atoms with Gasteiger partial charge in [0, 0.05) is 12.1 Å². The molecule has 1 atom stereocenters. The Hall–Kier alpha value is -3.23. The van der Waals surface area contributed by atoms with Gasteiger partial charge in [0.15, 0.2) is 11.5 Å². The van der Waals surface area contributed by atoms with Crippen molar-refractivity contribution in [1.82, 2.24) is 9.80 Å². The molecule has 1 fully saturated rings. The average Bonchev–Trinajstić information content (AvgIpc) is 3.10. The van der Waals surface area contributed by atoms with Gasteiger partial charge >= 0.3 is 0 Å². The van der Waals surface area contributed by atoms with Crippen LogP contribution in [0.3, 0.4) is 0 Å². The summed E-state index contributed by atoms with van der Waals surface area (Å²) in [5.41, 5.74) is 0.956. The molecule has 2 aromatic carbocycles. The Balaban J connectivity index is 2.16. The Morgan fingerprint density at radius 3 is 2.36 bits per heavy atom. The number of rotatable bonds is 11. The van der Waals surface area contributed by atoms with Gasteiger partial charge in [-0.2, -0.15) is 0 Å². The van der Waals surface area contributed by atoms with E-state index in [0.29, 0.717) is 59.6 Å². The Bertz CT molecular complexity index is 1150. The number of halogens is 1. The van der Waals surface area contributed by atoms with Crippen LogP contribution in [-0.2, 0) is 9.59 Å². The lowest BCUT2D eigenvalue weighted by Crippen LogP contribution is -2.32. The summed E-state index contributed by atoms with van der Waals surface area (Å²) < 4.78 is 16.7. The fourth-order valence-corrected chi connectivity index (χ4v) is 4.39. The van der Waals surface area contributed by atoms with E-state index in [1.807, 2.05) is 32.8 Å². The van der Waals surface area contributed by atoms with E-state index < -0.39 is 17.7 Å². The summed E-state index contributed by atoms with van der Waals surface area (Å²) in [6, 6.07) is 9.20. The van der Waals surface area contributed by atoms with Crippen LogP contribution >= 0.6 is 11.6 Å². The van der Waals surface area contributed by atoms with Gasteiger partial charge in [0.05, 0.1) is 37.0 Å². The third-order valence-corrected chi connectivity index (χ3v) is 6.16. The minimum absolute atomic E-state index is 0.000775. The first-order valence-corrected chi connectivity index (χ1v) is 12.3. The predicted molar refractivity (Wildman–Crippen MR) is 139 cm³/mol. The van der Waals surface area contributed by atoms with E-state index >= 15 is 0 Å². The molecule has 8 nitrogen and oxygen atoms in total. The molecule has 1 aliphatic heterocycles. The molecule has 9 heteroatoms. The number of hydrogen-bond donors (Lipinski definition) is 1. The van der Waals surface area contributed by atoms with Gasteiger partial charge in [-0.25, -0.2) is 0 Å². The fraction of sp³-hybridized carbons (Fsp3) is 0.407. The van der Waals surface area contributed by atoms with Gasteiger partial charge in [-0.3, -0.25) is 9.59 Å². The van der Waals surface area contributed by atoms with Crippen molar-refractivity contribution in [2.24, 2.45) is 0 Å². The third kappa shape index (κ3) is 5.77. The lowest BCUT2D eigenvalue weighted by molar-refractivity contribution is -0.139. The molecule has 0 aromatic heterocycles. The number of amides is 1. The van der Waals surface area contributed by atoms with E-state index in [0.717, 1.165) is 6.54 Å². The highest BCUT2D eigenvalue weighted by molar-refractivity contribution is 6.46. The number of carbonyl (C=O) groups excluding carboxylic acids is 2. The number of likely N-dealkylation sites (tertiary alicyclic amines) is 1. The maximum Gasteiger partial charge on any atom is 0.295 e. The molecule has 36 heavy (non-hydrogen) atoms. The van der Waals surface area contributed by atoms with Crippen LogP contribution in [0.1, 0.15) is 37.4 Å². The maximum atomic E-state index is 13.3. The zero-order valence-electron chi connectivity index (χ0n) is 21.3. The number of nitrogens with zero attached hydrogens (tertiary/aromatic N) is 2. The fourth-order valence-electron chi connectivity index (χ4n) is 4.22. The number of benzene rings is 2. The topological polar surface area (TPSA) is 88.5 Å². The van der Waals surface area contributed by atoms with Gasteiger partial charge in [0.2, 0.25) is 0 Å². The van der Waals surface area contributed by atoms with Crippen LogP contribution in [0.4, 0.5) is 0 Å². The molecule has 0 radical (unpaired) electrons. The van der Waals surface area contributed by atoms with Crippen molar-refractivity contribution in [2.45, 2.75) is 26.3 Å². The molecule has 0 spiro atoms. The first-order chi connectivity index (χ1) is 17.2. The second-order valence-corrected chi connectivity index (χ2v) is 8.98. The molecule has 1 saturated heterocycles. The largest absolute Gasteiger partial charge is 0.507 e. The highest BCUT2D eigenvalue weighted by atomic mass is 35.5. The van der Waals surface area contributed by atoms with Crippen molar-refractivity contribution < 1.29 is 28.9 Å². The van der Waals surface area contributed by atoms with Crippen molar-refractivity contribution in [3.05, 3.63) is 58.1 Å². The lowest BCUT2D eigenvalue weighted by Gasteiger charge is -2.26. The van der Waals surface area contributed by atoms with E-state index in [2.05, 4.69) is 0 Å². The van der Waals surface area contributed by atoms with Crippen molar-refractivity contribution in [3.63, 3.8) is 0 Å². The zero-order valence-corrected chi connectivity index (χ0v) is 22.1. The molecule has 2 aromatic rings. The van der Waals surface area contributed by atoms with Gasteiger partial charge in [-0.05, 0) is 76.8 Å². The number of ketones is 1. The molecule has 0 aliphatic carbocycles. The van der Waals surface area contributed by atoms with Crippen LogP contribution in [0.15, 0.2) is 42.0 Å². The van der Waals surface area contributed by atoms with E-state index in [9.17, 15) is 14.7 Å². The van der Waals surface area contributed by atoms with Gasteiger partial charge in [0.25, 0.3) is 11.7 Å². The summed E-state index contributed by atoms with van der Waals surface area (Å²) in [6.45, 7) is 5.60. The van der Waals surface area contributed by atoms with Crippen LogP contribution in [0.5, 0.6) is 17.2 Å². The second kappa shape index (κ2) is 12.1. The van der Waals surface area contributed by atoms with Gasteiger partial charge < -0.3 is 29.1 Å². The normalized spacial score (nSPS) is 17.1. The molecule has 1 amide bonds. The van der Waals surface area contributed by atoms with Gasteiger partial charge in [-0.1, -0.05) is 17.7 Å². The minimum Gasteiger partial charge on any atom is -0.507 e. The molecule has 0 bridgehead atoms. The summed E-state index contributed by atoms with van der Waals surface area (Å²) in [4.78, 5) is 30.0. The van der Waals surface area contributed by atoms with Crippen LogP contribution in [0.2, 0.25) is 5.02 Å². The number of ether oxygens (including phenoxy) is 3. The Morgan fingerprint density at radius 1 is 1.03 bits per heavy atom. The highest BCUT2D eigenvalue weighted by Gasteiger charge is 2.46. The maximum absolute atomic E-state index is 13.3. The number of Topliss-reactive ketones (excluding diaryl/α,β-unsaturated/α-hetero) is 1. The molecule has 1 heterocycles. The third-order valence-electron chi connectivity index (χ3n) is 5.85. The standard InChI is InChI=1S/C27H33ClN2O6/c1-6-35-20-12-10-17(15-22(20)34-5)24-23(26(32)27(33)30(24)14-8-13-29(3)4)25(31)18-9-11-19(28)21(16-18)36-7-2/h9-12,15-16,24,31H,6-8,13-14H2,1-5H3/b25-23-. The second-order valence-electron chi connectivity index (χ2n) is 8.57. The van der Waals surface area contributed by atoms with Crippen LogP contribution in [0.25, 0.3) is 5.76 Å². The molecular formula is C27H33ClN2O6. The number of aliphatic hydroxyl groups excluding tert-OH is 1. The summed E-state index contributed by atoms with van der Waals surface area (Å²) in [6.07, 6.45) is 0.653. The van der Waals surface area contributed by atoms with Gasteiger partial charge in [-0.15, -0.1) is 0 Å². The quantitative estimate of drug-likeness (QED) is 0.267. The van der Waals surface area contributed by atoms with E-state index in [-0.39, 0.29) is 11.3 Å². The first-order valence-electron chi connectivity index (χ1n) is 11.9. The number of methoxy groups -OCH3 is 1. The lowest BCUT2D eigenvalue weighted by atomic mass is 9.95. The summed E-state index contributed by atoms with van der Waals surface area (Å²) in [7, 11) is 5.41.